The highest BCUT2D eigenvalue weighted by Gasteiger charge is 2.17. The zero-order chi connectivity index (χ0) is 14.4. The van der Waals surface area contributed by atoms with Crippen molar-refractivity contribution in [1.29, 1.82) is 0 Å². The minimum absolute atomic E-state index is 0.0753. The summed E-state index contributed by atoms with van der Waals surface area (Å²) in [6.07, 6.45) is 1.52. The minimum atomic E-state index is -0.150. The van der Waals surface area contributed by atoms with Crippen molar-refractivity contribution in [1.82, 2.24) is 10.3 Å². The second kappa shape index (κ2) is 7.21. The maximum atomic E-state index is 12.2. The van der Waals surface area contributed by atoms with Gasteiger partial charge in [0.1, 0.15) is 0 Å². The van der Waals surface area contributed by atoms with Gasteiger partial charge in [-0.2, -0.15) is 0 Å². The summed E-state index contributed by atoms with van der Waals surface area (Å²) in [4.78, 5) is 16.4. The molecule has 0 spiro atoms. The second-order valence-electron chi connectivity index (χ2n) is 4.68. The van der Waals surface area contributed by atoms with E-state index in [0.717, 1.165) is 17.9 Å². The standard InChI is InChI=1S/C14H21N3O3/c1-3-15-13-6-10(2)16-8-12(13)14(18)17-7-11-9-19-4-5-20-11/h6,8,11H,3-5,7,9H2,1-2H3,(H,15,16)(H,17,18). The second-order valence-corrected chi connectivity index (χ2v) is 4.68. The molecule has 1 atom stereocenters. The Balaban J connectivity index is 1.97. The van der Waals surface area contributed by atoms with E-state index in [0.29, 0.717) is 31.9 Å². The fourth-order valence-electron chi connectivity index (χ4n) is 2.03. The van der Waals surface area contributed by atoms with E-state index in [9.17, 15) is 4.79 Å². The molecule has 1 saturated heterocycles. The van der Waals surface area contributed by atoms with Crippen molar-refractivity contribution in [3.05, 3.63) is 23.5 Å². The molecule has 0 radical (unpaired) electrons. The first-order valence-corrected chi connectivity index (χ1v) is 6.88. The predicted molar refractivity (Wildman–Crippen MR) is 76.0 cm³/mol. The van der Waals surface area contributed by atoms with Crippen LogP contribution in [0.1, 0.15) is 23.0 Å². The first kappa shape index (κ1) is 14.7. The molecule has 2 heterocycles. The smallest absolute Gasteiger partial charge is 0.255 e. The number of nitrogens with one attached hydrogen (secondary N) is 2. The Morgan fingerprint density at radius 1 is 1.50 bits per heavy atom. The molecule has 1 amide bonds. The molecule has 0 aromatic carbocycles. The molecule has 2 N–H and O–H groups in total. The maximum Gasteiger partial charge on any atom is 0.255 e. The van der Waals surface area contributed by atoms with Gasteiger partial charge in [0.25, 0.3) is 5.91 Å². The van der Waals surface area contributed by atoms with Crippen LogP contribution < -0.4 is 10.6 Å². The third kappa shape index (κ3) is 3.91. The molecule has 0 aliphatic carbocycles. The van der Waals surface area contributed by atoms with Gasteiger partial charge in [0, 0.05) is 25.0 Å². The Kier molecular flexibility index (Phi) is 5.31. The number of pyridine rings is 1. The van der Waals surface area contributed by atoms with Crippen molar-refractivity contribution in [2.75, 3.05) is 38.2 Å². The summed E-state index contributed by atoms with van der Waals surface area (Å²) in [5.41, 5.74) is 2.23. The molecule has 1 aromatic heterocycles. The number of nitrogens with zero attached hydrogens (tertiary/aromatic N) is 1. The van der Waals surface area contributed by atoms with E-state index >= 15 is 0 Å². The van der Waals surface area contributed by atoms with Crippen LogP contribution in [0.5, 0.6) is 0 Å². The first-order chi connectivity index (χ1) is 9.70. The normalized spacial score (nSPS) is 18.6. The zero-order valence-corrected chi connectivity index (χ0v) is 11.9. The van der Waals surface area contributed by atoms with Crippen molar-refractivity contribution in [2.45, 2.75) is 20.0 Å². The van der Waals surface area contributed by atoms with Gasteiger partial charge >= 0.3 is 0 Å². The van der Waals surface area contributed by atoms with Crippen LogP contribution in [0.3, 0.4) is 0 Å². The van der Waals surface area contributed by atoms with Gasteiger partial charge in [0.15, 0.2) is 0 Å². The lowest BCUT2D eigenvalue weighted by Gasteiger charge is -2.23. The van der Waals surface area contributed by atoms with Crippen LogP contribution in [0.25, 0.3) is 0 Å². The van der Waals surface area contributed by atoms with Crippen molar-refractivity contribution < 1.29 is 14.3 Å². The molecule has 0 bridgehead atoms. The van der Waals surface area contributed by atoms with Crippen molar-refractivity contribution in [3.8, 4) is 0 Å². The van der Waals surface area contributed by atoms with Crippen LogP contribution in [0.15, 0.2) is 12.3 Å². The maximum absolute atomic E-state index is 12.2. The van der Waals surface area contributed by atoms with E-state index in [-0.39, 0.29) is 12.0 Å². The van der Waals surface area contributed by atoms with Gasteiger partial charge in [-0.15, -0.1) is 0 Å². The molecule has 1 aromatic rings. The van der Waals surface area contributed by atoms with E-state index in [1.807, 2.05) is 19.9 Å². The third-order valence-electron chi connectivity index (χ3n) is 3.03. The fraction of sp³-hybridized carbons (Fsp3) is 0.571. The SMILES string of the molecule is CCNc1cc(C)ncc1C(=O)NCC1COCCO1. The van der Waals surface area contributed by atoms with E-state index in [1.165, 1.54) is 0 Å². The summed E-state index contributed by atoms with van der Waals surface area (Å²) in [7, 11) is 0. The number of aromatic nitrogens is 1. The zero-order valence-electron chi connectivity index (χ0n) is 11.9. The number of rotatable bonds is 5. The van der Waals surface area contributed by atoms with Gasteiger partial charge in [-0.25, -0.2) is 0 Å². The number of ether oxygens (including phenoxy) is 2. The highest BCUT2D eigenvalue weighted by Crippen LogP contribution is 2.15. The number of aryl methyl sites for hydroxylation is 1. The van der Waals surface area contributed by atoms with E-state index in [4.69, 9.17) is 9.47 Å². The average molecular weight is 279 g/mol. The molecule has 20 heavy (non-hydrogen) atoms. The number of hydrogen-bond acceptors (Lipinski definition) is 5. The average Bonchev–Trinajstić information content (AvgIpc) is 2.46. The Bertz CT molecular complexity index is 459. The molecule has 1 aliphatic heterocycles. The molecule has 1 fully saturated rings. The highest BCUT2D eigenvalue weighted by atomic mass is 16.6. The number of carbonyl (C=O) groups excluding carboxylic acids is 1. The molecule has 110 valence electrons. The Morgan fingerprint density at radius 3 is 3.05 bits per heavy atom. The Labute approximate surface area is 118 Å². The largest absolute Gasteiger partial charge is 0.385 e. The van der Waals surface area contributed by atoms with Gasteiger partial charge in [-0.05, 0) is 19.9 Å². The van der Waals surface area contributed by atoms with Gasteiger partial charge in [-0.1, -0.05) is 0 Å². The van der Waals surface area contributed by atoms with E-state index in [1.54, 1.807) is 6.20 Å². The lowest BCUT2D eigenvalue weighted by molar-refractivity contribution is -0.0855. The molecular formula is C14H21N3O3. The van der Waals surface area contributed by atoms with Crippen LogP contribution in [-0.2, 0) is 9.47 Å². The van der Waals surface area contributed by atoms with Crippen molar-refractivity contribution in [3.63, 3.8) is 0 Å². The summed E-state index contributed by atoms with van der Waals surface area (Å²) >= 11 is 0. The van der Waals surface area contributed by atoms with E-state index < -0.39 is 0 Å². The summed E-state index contributed by atoms with van der Waals surface area (Å²) in [5, 5.41) is 6.04. The van der Waals surface area contributed by atoms with E-state index in [2.05, 4.69) is 15.6 Å². The Hall–Kier alpha value is -1.66. The minimum Gasteiger partial charge on any atom is -0.385 e. The quantitative estimate of drug-likeness (QED) is 0.840. The molecule has 6 nitrogen and oxygen atoms in total. The van der Waals surface area contributed by atoms with Crippen LogP contribution in [0, 0.1) is 6.92 Å². The summed E-state index contributed by atoms with van der Waals surface area (Å²) in [6, 6.07) is 1.87. The lowest BCUT2D eigenvalue weighted by Crippen LogP contribution is -2.39. The summed E-state index contributed by atoms with van der Waals surface area (Å²) < 4.78 is 10.8. The van der Waals surface area contributed by atoms with Gasteiger partial charge in [0.2, 0.25) is 0 Å². The predicted octanol–water partition coefficient (Wildman–Crippen LogP) is 0.967. The molecular weight excluding hydrogens is 258 g/mol. The summed E-state index contributed by atoms with van der Waals surface area (Å²) in [6.45, 7) is 6.81. The fourth-order valence-corrected chi connectivity index (χ4v) is 2.03. The van der Waals surface area contributed by atoms with Crippen LogP contribution in [0.4, 0.5) is 5.69 Å². The van der Waals surface area contributed by atoms with Crippen molar-refractivity contribution in [2.24, 2.45) is 0 Å². The molecule has 1 unspecified atom stereocenters. The number of anilines is 1. The first-order valence-electron chi connectivity index (χ1n) is 6.88. The molecule has 6 heteroatoms. The highest BCUT2D eigenvalue weighted by molar-refractivity contribution is 5.99. The molecule has 1 aliphatic rings. The third-order valence-corrected chi connectivity index (χ3v) is 3.03. The van der Waals surface area contributed by atoms with Crippen LogP contribution in [0.2, 0.25) is 0 Å². The topological polar surface area (TPSA) is 72.5 Å². The monoisotopic (exact) mass is 279 g/mol. The van der Waals surface area contributed by atoms with Crippen LogP contribution in [-0.4, -0.2) is 49.9 Å². The lowest BCUT2D eigenvalue weighted by atomic mass is 10.2. The van der Waals surface area contributed by atoms with Gasteiger partial charge < -0.3 is 20.1 Å². The summed E-state index contributed by atoms with van der Waals surface area (Å²) in [5.74, 6) is -0.150. The van der Waals surface area contributed by atoms with Crippen molar-refractivity contribution >= 4 is 11.6 Å². The molecule has 2 rings (SSSR count). The number of carbonyl (C=O) groups is 1. The van der Waals surface area contributed by atoms with Crippen LogP contribution >= 0.6 is 0 Å². The number of amides is 1. The van der Waals surface area contributed by atoms with Gasteiger partial charge in [0.05, 0.1) is 37.2 Å². The Morgan fingerprint density at radius 2 is 2.35 bits per heavy atom. The number of hydrogen-bond donors (Lipinski definition) is 2. The van der Waals surface area contributed by atoms with Gasteiger partial charge in [-0.3, -0.25) is 9.78 Å². The molecule has 0 saturated carbocycles.